The highest BCUT2D eigenvalue weighted by atomic mass is 19.4. The maximum absolute atomic E-state index is 12.8. The van der Waals surface area contributed by atoms with Gasteiger partial charge in [-0.25, -0.2) is 0 Å². The Labute approximate surface area is 95.8 Å². The second kappa shape index (κ2) is 3.78. The average Bonchev–Trinajstić information content (AvgIpc) is 2.24. The van der Waals surface area contributed by atoms with Gasteiger partial charge in [0, 0.05) is 12.6 Å². The quantitative estimate of drug-likeness (QED) is 0.702. The van der Waals surface area contributed by atoms with E-state index >= 15 is 0 Å². The van der Waals surface area contributed by atoms with Crippen LogP contribution in [-0.2, 0) is 19.6 Å². The van der Waals surface area contributed by atoms with Crippen molar-refractivity contribution in [3.8, 4) is 5.88 Å². The average molecular weight is 247 g/mol. The Kier molecular flexibility index (Phi) is 2.67. The molecule has 0 amide bonds. The molecule has 1 aromatic heterocycles. The van der Waals surface area contributed by atoms with Gasteiger partial charge in [0.1, 0.15) is 5.69 Å². The van der Waals surface area contributed by atoms with Crippen LogP contribution in [0.15, 0.2) is 4.79 Å². The zero-order valence-corrected chi connectivity index (χ0v) is 9.52. The molecule has 17 heavy (non-hydrogen) atoms. The molecule has 1 aliphatic rings. The molecule has 0 aliphatic carbocycles. The van der Waals surface area contributed by atoms with Crippen molar-refractivity contribution < 1.29 is 17.9 Å². The third-order valence-electron chi connectivity index (χ3n) is 2.95. The van der Waals surface area contributed by atoms with Crippen molar-refractivity contribution in [1.29, 1.82) is 0 Å². The van der Waals surface area contributed by atoms with Crippen molar-refractivity contribution in [2.75, 3.05) is 6.61 Å². The second-order valence-electron chi connectivity index (χ2n) is 4.10. The summed E-state index contributed by atoms with van der Waals surface area (Å²) in [6, 6.07) is 0. The van der Waals surface area contributed by atoms with Crippen LogP contribution in [0.1, 0.15) is 23.2 Å². The molecule has 0 aromatic carbocycles. The first-order valence-electron chi connectivity index (χ1n) is 5.26. The molecule has 1 aromatic rings. The smallest absolute Gasteiger partial charge is 0.431 e. The van der Waals surface area contributed by atoms with Gasteiger partial charge in [-0.05, 0) is 19.8 Å². The number of nitrogens with zero attached hydrogens (tertiary/aromatic N) is 1. The van der Waals surface area contributed by atoms with Crippen LogP contribution in [0.3, 0.4) is 0 Å². The molecule has 0 saturated heterocycles. The molecule has 0 unspecified atom stereocenters. The van der Waals surface area contributed by atoms with E-state index in [2.05, 4.69) is 0 Å². The summed E-state index contributed by atoms with van der Waals surface area (Å²) in [5, 5.41) is 0. The summed E-state index contributed by atoms with van der Waals surface area (Å²) < 4.78 is 44.7. The first-order chi connectivity index (χ1) is 7.84. The normalized spacial score (nSPS) is 15.4. The minimum Gasteiger partial charge on any atom is -0.479 e. The number of halogens is 3. The monoisotopic (exact) mass is 247 g/mol. The topological polar surface area (TPSA) is 31.2 Å². The van der Waals surface area contributed by atoms with Crippen LogP contribution < -0.4 is 10.2 Å². The maximum atomic E-state index is 12.8. The lowest BCUT2D eigenvalue weighted by Crippen LogP contribution is -2.29. The summed E-state index contributed by atoms with van der Waals surface area (Å²) in [5.41, 5.74) is -1.39. The van der Waals surface area contributed by atoms with Gasteiger partial charge in [0.15, 0.2) is 5.43 Å². The zero-order chi connectivity index (χ0) is 12.8. The predicted molar refractivity (Wildman–Crippen MR) is 55.2 cm³/mol. The van der Waals surface area contributed by atoms with Crippen molar-refractivity contribution in [2.24, 2.45) is 7.05 Å². The number of pyridine rings is 1. The Bertz CT molecular complexity index is 517. The standard InChI is InChI=1S/C11H12F3NO2/c1-6-8(16)7-4-3-5-17-10(7)15(2)9(6)11(12,13)14/h3-5H2,1-2H3. The van der Waals surface area contributed by atoms with Crippen LogP contribution in [0.4, 0.5) is 13.2 Å². The number of hydrogen-bond acceptors (Lipinski definition) is 2. The van der Waals surface area contributed by atoms with Gasteiger partial charge in [-0.1, -0.05) is 0 Å². The fourth-order valence-corrected chi connectivity index (χ4v) is 2.21. The fraction of sp³-hybridized carbons (Fsp3) is 0.545. The summed E-state index contributed by atoms with van der Waals surface area (Å²) >= 11 is 0. The van der Waals surface area contributed by atoms with Gasteiger partial charge in [-0.15, -0.1) is 0 Å². The zero-order valence-electron chi connectivity index (χ0n) is 9.52. The van der Waals surface area contributed by atoms with Gasteiger partial charge in [0.05, 0.1) is 12.2 Å². The van der Waals surface area contributed by atoms with Gasteiger partial charge in [-0.2, -0.15) is 13.2 Å². The Morgan fingerprint density at radius 1 is 1.35 bits per heavy atom. The summed E-state index contributed by atoms with van der Waals surface area (Å²) in [4.78, 5) is 11.8. The van der Waals surface area contributed by atoms with Crippen LogP contribution in [0.25, 0.3) is 0 Å². The van der Waals surface area contributed by atoms with Crippen molar-refractivity contribution >= 4 is 0 Å². The van der Waals surface area contributed by atoms with E-state index in [9.17, 15) is 18.0 Å². The van der Waals surface area contributed by atoms with Gasteiger partial charge in [0.25, 0.3) is 0 Å². The van der Waals surface area contributed by atoms with Crippen LogP contribution in [-0.4, -0.2) is 11.2 Å². The molecule has 0 spiro atoms. The van der Waals surface area contributed by atoms with E-state index in [1.165, 1.54) is 14.0 Å². The largest absolute Gasteiger partial charge is 0.479 e. The molecule has 1 aliphatic heterocycles. The first-order valence-corrected chi connectivity index (χ1v) is 5.26. The SMILES string of the molecule is Cc1c(C(F)(F)F)n(C)c2c(c1=O)CCCO2. The molecule has 2 heterocycles. The van der Waals surface area contributed by atoms with E-state index in [4.69, 9.17) is 4.74 Å². The van der Waals surface area contributed by atoms with Gasteiger partial charge in [0.2, 0.25) is 5.88 Å². The third kappa shape index (κ3) is 1.81. The van der Waals surface area contributed by atoms with E-state index in [-0.39, 0.29) is 11.4 Å². The summed E-state index contributed by atoms with van der Waals surface area (Å²) in [7, 11) is 1.28. The van der Waals surface area contributed by atoms with Crippen LogP contribution >= 0.6 is 0 Å². The van der Waals surface area contributed by atoms with Crippen LogP contribution in [0.2, 0.25) is 0 Å². The lowest BCUT2D eigenvalue weighted by atomic mass is 10.0. The molecule has 0 saturated carbocycles. The third-order valence-corrected chi connectivity index (χ3v) is 2.95. The molecule has 0 atom stereocenters. The molecule has 6 heteroatoms. The van der Waals surface area contributed by atoms with E-state index < -0.39 is 17.3 Å². The van der Waals surface area contributed by atoms with Gasteiger partial charge < -0.3 is 9.30 Å². The molecule has 0 bridgehead atoms. The van der Waals surface area contributed by atoms with Crippen molar-refractivity contribution in [1.82, 2.24) is 4.57 Å². The van der Waals surface area contributed by atoms with E-state index in [1.54, 1.807) is 0 Å². The summed E-state index contributed by atoms with van der Waals surface area (Å²) in [6.45, 7) is 1.56. The van der Waals surface area contributed by atoms with Crippen molar-refractivity contribution in [3.05, 3.63) is 27.0 Å². The molecule has 0 N–H and O–H groups in total. The van der Waals surface area contributed by atoms with Crippen molar-refractivity contribution in [2.45, 2.75) is 25.9 Å². The number of rotatable bonds is 0. The highest BCUT2D eigenvalue weighted by molar-refractivity contribution is 5.38. The lowest BCUT2D eigenvalue weighted by molar-refractivity contribution is -0.144. The number of fused-ring (bicyclic) bond motifs is 1. The maximum Gasteiger partial charge on any atom is 0.431 e. The van der Waals surface area contributed by atoms with Crippen LogP contribution in [0, 0.1) is 6.92 Å². The minimum absolute atomic E-state index is 0.0548. The molecule has 0 radical (unpaired) electrons. The molecular weight excluding hydrogens is 235 g/mol. The van der Waals surface area contributed by atoms with Gasteiger partial charge >= 0.3 is 6.18 Å². The van der Waals surface area contributed by atoms with E-state index in [0.717, 1.165) is 4.57 Å². The Hall–Kier alpha value is -1.46. The molecule has 94 valence electrons. The van der Waals surface area contributed by atoms with Crippen LogP contribution in [0.5, 0.6) is 5.88 Å². The fourth-order valence-electron chi connectivity index (χ4n) is 2.21. The molecular formula is C11H12F3NO2. The molecule has 0 fully saturated rings. The molecule has 3 nitrogen and oxygen atoms in total. The van der Waals surface area contributed by atoms with Gasteiger partial charge in [-0.3, -0.25) is 4.79 Å². The number of hydrogen-bond donors (Lipinski definition) is 0. The number of ether oxygens (including phenoxy) is 1. The summed E-state index contributed by atoms with van der Waals surface area (Å²) in [5.74, 6) is 0.0548. The highest BCUT2D eigenvalue weighted by Crippen LogP contribution is 2.34. The first kappa shape index (κ1) is 12.0. The highest BCUT2D eigenvalue weighted by Gasteiger charge is 2.38. The van der Waals surface area contributed by atoms with E-state index in [0.29, 0.717) is 25.0 Å². The Balaban J connectivity index is 2.80. The number of aromatic nitrogens is 1. The summed E-state index contributed by atoms with van der Waals surface area (Å²) in [6.07, 6.45) is -3.41. The molecule has 2 rings (SSSR count). The lowest BCUT2D eigenvalue weighted by Gasteiger charge is -2.24. The Morgan fingerprint density at radius 3 is 2.59 bits per heavy atom. The van der Waals surface area contributed by atoms with Crippen molar-refractivity contribution in [3.63, 3.8) is 0 Å². The number of alkyl halides is 3. The van der Waals surface area contributed by atoms with E-state index in [1.807, 2.05) is 0 Å². The predicted octanol–water partition coefficient (Wildman–Crippen LogP) is 2.04. The Morgan fingerprint density at radius 2 is 2.00 bits per heavy atom. The second-order valence-corrected chi connectivity index (χ2v) is 4.10. The minimum atomic E-state index is -4.55.